The zero-order valence-corrected chi connectivity index (χ0v) is 15.8. The predicted molar refractivity (Wildman–Crippen MR) is 96.5 cm³/mol. The third-order valence-corrected chi connectivity index (χ3v) is 3.74. The number of halogens is 2. The van der Waals surface area contributed by atoms with Gasteiger partial charge < -0.3 is 15.0 Å². The quantitative estimate of drug-likeness (QED) is 0.679. The Kier molecular flexibility index (Phi) is 8.17. The van der Waals surface area contributed by atoms with Crippen LogP contribution in [-0.4, -0.2) is 44.6 Å². The summed E-state index contributed by atoms with van der Waals surface area (Å²) in [7, 11) is 4.06. The number of rotatable bonds is 9. The molecule has 0 unspecified atom stereocenters. The highest BCUT2D eigenvalue weighted by Crippen LogP contribution is 2.27. The van der Waals surface area contributed by atoms with Crippen molar-refractivity contribution in [2.75, 3.05) is 33.8 Å². The van der Waals surface area contributed by atoms with Gasteiger partial charge in [0, 0.05) is 24.5 Å². The van der Waals surface area contributed by atoms with Gasteiger partial charge >= 0.3 is 0 Å². The van der Waals surface area contributed by atoms with E-state index in [1.807, 2.05) is 14.1 Å². The molecule has 1 amide bonds. The lowest BCUT2D eigenvalue weighted by molar-refractivity contribution is -0.121. The van der Waals surface area contributed by atoms with Gasteiger partial charge in [-0.1, -0.05) is 37.0 Å². The fraction of sp³-hybridized carbons (Fsp3) is 0.588. The molecule has 1 aromatic rings. The molecule has 1 N–H and O–H groups in total. The number of hydrogen-bond donors (Lipinski definition) is 1. The molecule has 0 saturated heterocycles. The second-order valence-corrected chi connectivity index (χ2v) is 7.55. The largest absolute Gasteiger partial charge is 0.492 e. The topological polar surface area (TPSA) is 41.6 Å². The number of nitrogens with zero attached hydrogens (tertiary/aromatic N) is 1. The van der Waals surface area contributed by atoms with E-state index in [9.17, 15) is 4.79 Å². The van der Waals surface area contributed by atoms with Crippen LogP contribution < -0.4 is 10.1 Å². The summed E-state index contributed by atoms with van der Waals surface area (Å²) in [6, 6.07) is 5.09. The molecule has 130 valence electrons. The molecule has 0 heterocycles. The van der Waals surface area contributed by atoms with Crippen LogP contribution in [0.15, 0.2) is 18.2 Å². The van der Waals surface area contributed by atoms with Gasteiger partial charge in [-0.2, -0.15) is 0 Å². The second kappa shape index (κ2) is 9.36. The van der Waals surface area contributed by atoms with Crippen molar-refractivity contribution in [1.82, 2.24) is 10.2 Å². The molecule has 0 aliphatic rings. The van der Waals surface area contributed by atoms with Gasteiger partial charge in [-0.25, -0.2) is 0 Å². The first kappa shape index (κ1) is 20.1. The van der Waals surface area contributed by atoms with Crippen LogP contribution in [0.1, 0.15) is 26.7 Å². The van der Waals surface area contributed by atoms with Crippen molar-refractivity contribution >= 4 is 29.1 Å². The molecular weight excluding hydrogens is 335 g/mol. The molecule has 0 radical (unpaired) electrons. The highest BCUT2D eigenvalue weighted by molar-refractivity contribution is 6.35. The Labute approximate surface area is 149 Å². The Bertz CT molecular complexity index is 519. The summed E-state index contributed by atoms with van der Waals surface area (Å²) in [5.74, 6) is 0.631. The average Bonchev–Trinajstić information content (AvgIpc) is 2.42. The first-order valence-electron chi connectivity index (χ1n) is 7.69. The van der Waals surface area contributed by atoms with Gasteiger partial charge in [0.1, 0.15) is 5.75 Å². The van der Waals surface area contributed by atoms with Crippen molar-refractivity contribution in [2.45, 2.75) is 26.7 Å². The lowest BCUT2D eigenvalue weighted by atomic mass is 9.93. The molecule has 6 heteroatoms. The molecule has 0 bridgehead atoms. The highest BCUT2D eigenvalue weighted by Gasteiger charge is 2.19. The summed E-state index contributed by atoms with van der Waals surface area (Å²) in [5.41, 5.74) is 0.0481. The van der Waals surface area contributed by atoms with E-state index < -0.39 is 0 Å². The van der Waals surface area contributed by atoms with E-state index >= 15 is 0 Å². The minimum Gasteiger partial charge on any atom is -0.492 e. The van der Waals surface area contributed by atoms with Gasteiger partial charge in [-0.05, 0) is 44.1 Å². The van der Waals surface area contributed by atoms with Crippen LogP contribution in [0.3, 0.4) is 0 Å². The molecule has 23 heavy (non-hydrogen) atoms. The van der Waals surface area contributed by atoms with E-state index in [4.69, 9.17) is 27.9 Å². The summed E-state index contributed by atoms with van der Waals surface area (Å²) in [6.07, 6.45) is 1.07. The fourth-order valence-electron chi connectivity index (χ4n) is 2.35. The average molecular weight is 361 g/mol. The first-order chi connectivity index (χ1) is 10.7. The molecule has 0 fully saturated rings. The molecule has 0 aliphatic carbocycles. The third kappa shape index (κ3) is 8.45. The van der Waals surface area contributed by atoms with Crippen LogP contribution in [0.4, 0.5) is 0 Å². The third-order valence-electron chi connectivity index (χ3n) is 3.21. The molecule has 4 nitrogen and oxygen atoms in total. The van der Waals surface area contributed by atoms with Gasteiger partial charge in [-0.15, -0.1) is 0 Å². The molecule has 0 aliphatic heterocycles. The predicted octanol–water partition coefficient (Wildman–Crippen LogP) is 3.86. The second-order valence-electron chi connectivity index (χ2n) is 6.71. The van der Waals surface area contributed by atoms with Crippen molar-refractivity contribution in [3.05, 3.63) is 28.2 Å². The smallest absolute Gasteiger partial charge is 0.220 e. The maximum Gasteiger partial charge on any atom is 0.220 e. The van der Waals surface area contributed by atoms with Crippen LogP contribution in [-0.2, 0) is 4.79 Å². The Morgan fingerprint density at radius 1 is 1.30 bits per heavy atom. The van der Waals surface area contributed by atoms with Crippen LogP contribution in [0.5, 0.6) is 5.75 Å². The number of hydrogen-bond acceptors (Lipinski definition) is 3. The van der Waals surface area contributed by atoms with Gasteiger partial charge in [0.2, 0.25) is 5.91 Å². The summed E-state index contributed by atoms with van der Waals surface area (Å²) in [6.45, 7) is 6.30. The Morgan fingerprint density at radius 2 is 2.00 bits per heavy atom. The summed E-state index contributed by atoms with van der Waals surface area (Å²) < 4.78 is 5.56. The van der Waals surface area contributed by atoms with Gasteiger partial charge in [0.15, 0.2) is 0 Å². The van der Waals surface area contributed by atoms with E-state index in [0.717, 1.165) is 6.54 Å². The van der Waals surface area contributed by atoms with Crippen molar-refractivity contribution in [3.8, 4) is 5.75 Å². The fourth-order valence-corrected chi connectivity index (χ4v) is 2.81. The Balaban J connectivity index is 2.24. The van der Waals surface area contributed by atoms with E-state index in [2.05, 4.69) is 24.1 Å². The van der Waals surface area contributed by atoms with Crippen LogP contribution >= 0.6 is 23.2 Å². The zero-order chi connectivity index (χ0) is 17.5. The minimum atomic E-state index is 0.0441. The van der Waals surface area contributed by atoms with Gasteiger partial charge in [0.25, 0.3) is 0 Å². The Hall–Kier alpha value is -0.970. The summed E-state index contributed by atoms with van der Waals surface area (Å²) in [5, 5.41) is 4.03. The molecule has 0 spiro atoms. The number of benzene rings is 1. The number of ether oxygens (including phenoxy) is 1. The highest BCUT2D eigenvalue weighted by atomic mass is 35.5. The molecule has 0 atom stereocenters. The van der Waals surface area contributed by atoms with Gasteiger partial charge in [0.05, 0.1) is 11.6 Å². The maximum absolute atomic E-state index is 11.9. The van der Waals surface area contributed by atoms with Gasteiger partial charge in [-0.3, -0.25) is 4.79 Å². The first-order valence-corrected chi connectivity index (χ1v) is 8.44. The zero-order valence-electron chi connectivity index (χ0n) is 14.3. The van der Waals surface area contributed by atoms with E-state index in [0.29, 0.717) is 41.8 Å². The SMILES string of the molecule is CN(C)CC(C)(C)CNC(=O)CCCOc1ccc(Cl)cc1Cl. The Morgan fingerprint density at radius 3 is 2.61 bits per heavy atom. The van der Waals surface area contributed by atoms with E-state index in [-0.39, 0.29) is 11.3 Å². The lowest BCUT2D eigenvalue weighted by Crippen LogP contribution is -2.39. The molecule has 0 saturated carbocycles. The molecule has 1 rings (SSSR count). The van der Waals surface area contributed by atoms with Crippen LogP contribution in [0.25, 0.3) is 0 Å². The number of nitrogens with one attached hydrogen (secondary N) is 1. The van der Waals surface area contributed by atoms with Crippen LogP contribution in [0.2, 0.25) is 10.0 Å². The standard InChI is InChI=1S/C17H26Cl2N2O2/c1-17(2,12-21(3)4)11-20-16(22)6-5-9-23-15-8-7-13(18)10-14(15)19/h7-8,10H,5-6,9,11-12H2,1-4H3,(H,20,22). The van der Waals surface area contributed by atoms with Crippen molar-refractivity contribution in [3.63, 3.8) is 0 Å². The maximum atomic E-state index is 11.9. The van der Waals surface area contributed by atoms with E-state index in [1.165, 1.54) is 0 Å². The molecular formula is C17H26Cl2N2O2. The number of carbonyl (C=O) groups excluding carboxylic acids is 1. The normalized spacial score (nSPS) is 11.6. The van der Waals surface area contributed by atoms with Crippen molar-refractivity contribution in [1.29, 1.82) is 0 Å². The van der Waals surface area contributed by atoms with Crippen molar-refractivity contribution in [2.24, 2.45) is 5.41 Å². The lowest BCUT2D eigenvalue weighted by Gasteiger charge is -2.28. The van der Waals surface area contributed by atoms with E-state index in [1.54, 1.807) is 18.2 Å². The molecule has 1 aromatic carbocycles. The summed E-state index contributed by atoms with van der Waals surface area (Å²) in [4.78, 5) is 14.0. The molecule has 0 aromatic heterocycles. The number of carbonyl (C=O) groups is 1. The minimum absolute atomic E-state index is 0.0441. The van der Waals surface area contributed by atoms with Crippen LogP contribution in [0, 0.1) is 5.41 Å². The number of amides is 1. The van der Waals surface area contributed by atoms with Crippen molar-refractivity contribution < 1.29 is 9.53 Å². The monoisotopic (exact) mass is 360 g/mol. The summed E-state index contributed by atoms with van der Waals surface area (Å²) >= 11 is 11.8.